The third-order valence-corrected chi connectivity index (χ3v) is 7.37. The van der Waals surface area contributed by atoms with E-state index in [1.54, 1.807) is 36.2 Å². The van der Waals surface area contributed by atoms with Gasteiger partial charge in [0.1, 0.15) is 5.67 Å². The maximum absolute atomic E-state index is 15.2. The molecule has 0 radical (unpaired) electrons. The molecular formula is C26H29FN2O2. The number of nitrogens with one attached hydrogen (secondary N) is 1. The number of rotatable bonds is 5. The molecule has 4 saturated carbocycles. The lowest BCUT2D eigenvalue weighted by Gasteiger charge is -2.59. The van der Waals surface area contributed by atoms with Crippen LogP contribution in [0.3, 0.4) is 0 Å². The molecule has 4 atom stereocenters. The van der Waals surface area contributed by atoms with Gasteiger partial charge in [0.05, 0.1) is 0 Å². The van der Waals surface area contributed by atoms with Crippen LogP contribution >= 0.6 is 0 Å². The van der Waals surface area contributed by atoms with Crippen molar-refractivity contribution in [3.05, 3.63) is 71.3 Å². The van der Waals surface area contributed by atoms with Crippen molar-refractivity contribution in [2.45, 2.75) is 56.3 Å². The highest BCUT2D eigenvalue weighted by molar-refractivity contribution is 5.95. The van der Waals surface area contributed by atoms with Crippen molar-refractivity contribution in [2.75, 3.05) is 7.05 Å². The van der Waals surface area contributed by atoms with Crippen molar-refractivity contribution >= 4 is 11.8 Å². The second kappa shape index (κ2) is 7.47. The highest BCUT2D eigenvalue weighted by Crippen LogP contribution is 2.59. The molecule has 31 heavy (non-hydrogen) atoms. The van der Waals surface area contributed by atoms with Gasteiger partial charge in [-0.1, -0.05) is 30.3 Å². The van der Waals surface area contributed by atoms with E-state index in [0.29, 0.717) is 48.8 Å². The third-order valence-electron chi connectivity index (χ3n) is 7.37. The summed E-state index contributed by atoms with van der Waals surface area (Å²) in [6, 6.07) is 16.6. The van der Waals surface area contributed by atoms with E-state index in [2.05, 4.69) is 5.32 Å². The highest BCUT2D eigenvalue weighted by Gasteiger charge is 2.58. The number of carbonyl (C=O) groups is 2. The van der Waals surface area contributed by atoms with Crippen molar-refractivity contribution in [3.63, 3.8) is 0 Å². The Labute approximate surface area is 182 Å². The maximum atomic E-state index is 15.2. The molecule has 2 unspecified atom stereocenters. The van der Waals surface area contributed by atoms with Gasteiger partial charge in [-0.05, 0) is 73.8 Å². The number of benzene rings is 2. The second-order valence-electron chi connectivity index (χ2n) is 10.1. The van der Waals surface area contributed by atoms with Crippen LogP contribution < -0.4 is 5.32 Å². The molecule has 0 aromatic heterocycles. The Kier molecular flexibility index (Phi) is 4.87. The lowest BCUT2D eigenvalue weighted by atomic mass is 9.51. The van der Waals surface area contributed by atoms with E-state index in [4.69, 9.17) is 0 Å². The number of nitrogens with zero attached hydrogens (tertiary/aromatic N) is 1. The van der Waals surface area contributed by atoms with Crippen LogP contribution in [-0.2, 0) is 6.54 Å². The molecule has 0 spiro atoms. The first-order valence-electron chi connectivity index (χ1n) is 11.2. The van der Waals surface area contributed by atoms with E-state index in [-0.39, 0.29) is 17.4 Å². The molecule has 2 aromatic carbocycles. The van der Waals surface area contributed by atoms with Gasteiger partial charge in [0.25, 0.3) is 11.8 Å². The zero-order valence-corrected chi connectivity index (χ0v) is 17.9. The fraction of sp³-hybridized carbons (Fsp3) is 0.462. The highest BCUT2D eigenvalue weighted by atomic mass is 19.1. The zero-order chi connectivity index (χ0) is 21.6. The Morgan fingerprint density at radius 1 is 0.968 bits per heavy atom. The van der Waals surface area contributed by atoms with Gasteiger partial charge in [0.2, 0.25) is 0 Å². The van der Waals surface area contributed by atoms with E-state index >= 15 is 4.39 Å². The molecule has 4 bridgehead atoms. The largest absolute Gasteiger partial charge is 0.346 e. The molecule has 0 heterocycles. The van der Waals surface area contributed by atoms with Crippen molar-refractivity contribution < 1.29 is 14.0 Å². The van der Waals surface area contributed by atoms with Crippen LogP contribution in [0, 0.1) is 11.8 Å². The molecule has 6 rings (SSSR count). The van der Waals surface area contributed by atoms with Crippen molar-refractivity contribution in [2.24, 2.45) is 11.8 Å². The summed E-state index contributed by atoms with van der Waals surface area (Å²) in [5.41, 5.74) is 0.737. The summed E-state index contributed by atoms with van der Waals surface area (Å²) in [4.78, 5) is 27.2. The SMILES string of the molecule is CN(Cc1ccc(C(=O)NC23C[C@@H]4C[C@@H](CC(F)(C4)C2)C3)cc1)C(=O)c1ccccc1. The molecule has 4 aliphatic carbocycles. The molecule has 0 saturated heterocycles. The summed E-state index contributed by atoms with van der Waals surface area (Å²) in [6.45, 7) is 0.466. The van der Waals surface area contributed by atoms with Crippen LogP contribution in [0.15, 0.2) is 54.6 Å². The molecule has 1 N–H and O–H groups in total. The average Bonchev–Trinajstić information content (AvgIpc) is 2.72. The Balaban J connectivity index is 1.23. The summed E-state index contributed by atoms with van der Waals surface area (Å²) in [7, 11) is 1.77. The molecule has 2 amide bonds. The van der Waals surface area contributed by atoms with E-state index in [1.165, 1.54) is 0 Å². The fourth-order valence-electron chi connectivity index (χ4n) is 6.52. The van der Waals surface area contributed by atoms with Crippen LogP contribution in [0.1, 0.15) is 64.8 Å². The molecule has 0 aliphatic heterocycles. The van der Waals surface area contributed by atoms with Crippen LogP contribution in [0.2, 0.25) is 0 Å². The van der Waals surface area contributed by atoms with Crippen LogP contribution in [-0.4, -0.2) is 35.0 Å². The number of alkyl halides is 1. The standard InChI is InChI=1S/C26H29FN2O2/c1-29(24(31)22-5-3-2-4-6-22)16-18-7-9-21(10-8-18)23(30)28-26-14-19-11-20(15-26)13-25(27,12-19)17-26/h2-10,19-20H,11-17H2,1H3,(H,28,30)/t19-,20+,25?,26?. The van der Waals surface area contributed by atoms with Crippen LogP contribution in [0.25, 0.3) is 0 Å². The molecule has 4 nitrogen and oxygen atoms in total. The summed E-state index contributed by atoms with van der Waals surface area (Å²) < 4.78 is 15.2. The minimum Gasteiger partial charge on any atom is -0.346 e. The third kappa shape index (κ3) is 3.98. The first-order chi connectivity index (χ1) is 14.8. The van der Waals surface area contributed by atoms with Crippen molar-refractivity contribution in [1.82, 2.24) is 10.2 Å². The van der Waals surface area contributed by atoms with E-state index in [9.17, 15) is 9.59 Å². The first-order valence-corrected chi connectivity index (χ1v) is 11.2. The summed E-state index contributed by atoms with van der Waals surface area (Å²) >= 11 is 0. The number of carbonyl (C=O) groups excluding carboxylic acids is 2. The van der Waals surface area contributed by atoms with E-state index in [0.717, 1.165) is 24.8 Å². The van der Waals surface area contributed by atoms with Crippen LogP contribution in [0.5, 0.6) is 0 Å². The lowest BCUT2D eigenvalue weighted by Crippen LogP contribution is -2.64. The number of halogens is 1. The number of amides is 2. The van der Waals surface area contributed by atoms with Gasteiger partial charge in [0, 0.05) is 36.7 Å². The molecule has 162 valence electrons. The zero-order valence-electron chi connectivity index (χ0n) is 17.9. The predicted molar refractivity (Wildman–Crippen MR) is 117 cm³/mol. The predicted octanol–water partition coefficient (Wildman–Crippen LogP) is 4.75. The maximum Gasteiger partial charge on any atom is 0.253 e. The number of hydrogen-bond donors (Lipinski definition) is 1. The normalized spacial score (nSPS) is 30.8. The summed E-state index contributed by atoms with van der Waals surface area (Å²) in [5, 5.41) is 3.22. The Hall–Kier alpha value is -2.69. The molecule has 4 aliphatic rings. The van der Waals surface area contributed by atoms with Gasteiger partial charge in [-0.2, -0.15) is 0 Å². The Morgan fingerprint density at radius 3 is 2.23 bits per heavy atom. The van der Waals surface area contributed by atoms with Gasteiger partial charge in [-0.3, -0.25) is 9.59 Å². The monoisotopic (exact) mass is 420 g/mol. The lowest BCUT2D eigenvalue weighted by molar-refractivity contribution is -0.0937. The minimum atomic E-state index is -1.09. The molecule has 2 aromatic rings. The van der Waals surface area contributed by atoms with Gasteiger partial charge in [0.15, 0.2) is 0 Å². The Bertz CT molecular complexity index is 974. The quantitative estimate of drug-likeness (QED) is 0.759. The van der Waals surface area contributed by atoms with Crippen molar-refractivity contribution in [3.8, 4) is 0 Å². The summed E-state index contributed by atoms with van der Waals surface area (Å²) in [6.07, 6.45) is 4.74. The summed E-state index contributed by atoms with van der Waals surface area (Å²) in [5.74, 6) is 0.661. The molecule has 4 fully saturated rings. The molecular weight excluding hydrogens is 391 g/mol. The molecule has 5 heteroatoms. The topological polar surface area (TPSA) is 49.4 Å². The Morgan fingerprint density at radius 2 is 1.61 bits per heavy atom. The smallest absolute Gasteiger partial charge is 0.253 e. The van der Waals surface area contributed by atoms with E-state index < -0.39 is 5.67 Å². The van der Waals surface area contributed by atoms with Gasteiger partial charge >= 0.3 is 0 Å². The van der Waals surface area contributed by atoms with E-state index in [1.807, 2.05) is 30.3 Å². The average molecular weight is 421 g/mol. The number of hydrogen-bond acceptors (Lipinski definition) is 2. The fourth-order valence-corrected chi connectivity index (χ4v) is 6.52. The van der Waals surface area contributed by atoms with Gasteiger partial charge < -0.3 is 10.2 Å². The first kappa shape index (κ1) is 20.2. The van der Waals surface area contributed by atoms with Gasteiger partial charge in [-0.25, -0.2) is 4.39 Å². The van der Waals surface area contributed by atoms with Crippen molar-refractivity contribution in [1.29, 1.82) is 0 Å². The minimum absolute atomic E-state index is 0.0376. The van der Waals surface area contributed by atoms with Crippen LogP contribution in [0.4, 0.5) is 4.39 Å². The van der Waals surface area contributed by atoms with Gasteiger partial charge in [-0.15, -0.1) is 0 Å². The second-order valence-corrected chi connectivity index (χ2v) is 10.1.